The van der Waals surface area contributed by atoms with Gasteiger partial charge in [0.1, 0.15) is 30.0 Å². The van der Waals surface area contributed by atoms with E-state index in [0.717, 1.165) is 0 Å². The minimum Gasteiger partial charge on any atom is -0.460 e. The van der Waals surface area contributed by atoms with E-state index in [9.17, 15) is 19.2 Å². The summed E-state index contributed by atoms with van der Waals surface area (Å²) in [6.45, 7) is 17.5. The minimum atomic E-state index is -0.529. The Kier molecular flexibility index (Phi) is 17.4. The van der Waals surface area contributed by atoms with Gasteiger partial charge in [0.15, 0.2) is 0 Å². The third-order valence-electron chi connectivity index (χ3n) is 3.16. The van der Waals surface area contributed by atoms with Crippen LogP contribution in [0.2, 0.25) is 0 Å². The minimum absolute atomic E-state index is 0.0142. The first kappa shape index (κ1) is 35.5. The molecule has 0 bridgehead atoms. The van der Waals surface area contributed by atoms with Gasteiger partial charge in [0.2, 0.25) is 11.8 Å². The molecule has 208 valence electrons. The van der Waals surface area contributed by atoms with Gasteiger partial charge in [-0.2, -0.15) is 0 Å². The van der Waals surface area contributed by atoms with Crippen LogP contribution < -0.4 is 10.6 Å². The van der Waals surface area contributed by atoms with Crippen LogP contribution in [0.15, 0.2) is 36.6 Å². The molecule has 0 aromatic carbocycles. The Morgan fingerprint density at radius 1 is 1.08 bits per heavy atom. The van der Waals surface area contributed by atoms with Crippen molar-refractivity contribution in [2.24, 2.45) is 5.11 Å². The highest BCUT2D eigenvalue weighted by atomic mass is 16.6. The van der Waals surface area contributed by atoms with Crippen molar-refractivity contribution in [3.05, 3.63) is 47.6 Å². The summed E-state index contributed by atoms with van der Waals surface area (Å²) in [6, 6.07) is 0. The normalized spacial score (nSPS) is 9.82. The summed E-state index contributed by atoms with van der Waals surface area (Å²) in [5.41, 5.74) is 7.38. The number of terminal acetylenes is 1. The van der Waals surface area contributed by atoms with Crippen molar-refractivity contribution in [3.8, 4) is 12.3 Å². The molecule has 0 fully saturated rings. The van der Waals surface area contributed by atoms with Gasteiger partial charge in [-0.3, -0.25) is 19.2 Å². The first-order chi connectivity index (χ1) is 17.6. The van der Waals surface area contributed by atoms with E-state index in [1.165, 1.54) is 16.8 Å². The molecule has 0 aliphatic heterocycles. The Morgan fingerprint density at radius 2 is 1.61 bits per heavy atom. The molecule has 1 aromatic rings. The monoisotopic (exact) mass is 532 g/mol. The van der Waals surface area contributed by atoms with Gasteiger partial charge in [-0.05, 0) is 59.2 Å². The first-order valence-electron chi connectivity index (χ1n) is 11.1. The zero-order chi connectivity index (χ0) is 29.8. The van der Waals surface area contributed by atoms with Crippen molar-refractivity contribution in [2.75, 3.05) is 13.1 Å². The molecule has 14 nitrogen and oxygen atoms in total. The SMILES string of the molecule is C#CCNC(=O)C=C.C=CC(=O)NCc1cn(CC(=O)OC(C)(C)C)nn1.CC(C)(C)OC(=O)CN=[N+]=[N-]. The predicted octanol–water partition coefficient (Wildman–Crippen LogP) is 1.98. The number of rotatable bonds is 9. The zero-order valence-corrected chi connectivity index (χ0v) is 22.7. The first-order valence-corrected chi connectivity index (χ1v) is 11.1. The maximum Gasteiger partial charge on any atom is 0.328 e. The van der Waals surface area contributed by atoms with E-state index in [-0.39, 0.29) is 44.0 Å². The largest absolute Gasteiger partial charge is 0.460 e. The molecule has 0 saturated carbocycles. The van der Waals surface area contributed by atoms with Crippen molar-refractivity contribution in [1.29, 1.82) is 0 Å². The number of carbonyl (C=O) groups excluding carboxylic acids is 4. The lowest BCUT2D eigenvalue weighted by Crippen LogP contribution is -2.26. The molecule has 1 aromatic heterocycles. The van der Waals surface area contributed by atoms with E-state index < -0.39 is 17.2 Å². The summed E-state index contributed by atoms with van der Waals surface area (Å²) in [5, 5.41) is 15.6. The van der Waals surface area contributed by atoms with E-state index in [1.807, 2.05) is 0 Å². The quantitative estimate of drug-likeness (QED) is 0.120. The molecular formula is C24H36N8O6. The summed E-state index contributed by atoms with van der Waals surface area (Å²) >= 11 is 0. The number of esters is 2. The molecule has 1 heterocycles. The molecule has 2 amide bonds. The maximum atomic E-state index is 11.6. The van der Waals surface area contributed by atoms with Crippen LogP contribution in [0.5, 0.6) is 0 Å². The highest BCUT2D eigenvalue weighted by Gasteiger charge is 2.17. The van der Waals surface area contributed by atoms with Crippen molar-refractivity contribution >= 4 is 23.8 Å². The summed E-state index contributed by atoms with van der Waals surface area (Å²) in [4.78, 5) is 45.9. The molecule has 0 unspecified atom stereocenters. The standard InChI is InChI=1S/C12H18N4O3.C6H11N3O2.C6H7NO/c1-5-10(17)13-6-9-7-16(15-14-9)8-11(18)19-12(2,3)4;1-6(2,3)11-5(10)4-8-9-7;1-3-5-7-6(8)4-2/h5,7H,1,6,8H2,2-4H3,(H,13,17);4H2,1-3H3;1,4H,2,5H2,(H,7,8). The highest BCUT2D eigenvalue weighted by molar-refractivity contribution is 5.87. The number of amides is 2. The van der Waals surface area contributed by atoms with Gasteiger partial charge < -0.3 is 20.1 Å². The molecule has 0 radical (unpaired) electrons. The van der Waals surface area contributed by atoms with Crippen LogP contribution in [0.4, 0.5) is 0 Å². The second kappa shape index (κ2) is 18.6. The Morgan fingerprint density at radius 3 is 2.08 bits per heavy atom. The van der Waals surface area contributed by atoms with E-state index in [1.54, 1.807) is 47.7 Å². The van der Waals surface area contributed by atoms with Gasteiger partial charge >= 0.3 is 11.9 Å². The van der Waals surface area contributed by atoms with Crippen LogP contribution in [-0.2, 0) is 41.7 Å². The number of nitrogens with zero attached hydrogens (tertiary/aromatic N) is 6. The number of azide groups is 1. The van der Waals surface area contributed by atoms with E-state index in [2.05, 4.69) is 50.0 Å². The molecule has 38 heavy (non-hydrogen) atoms. The van der Waals surface area contributed by atoms with Crippen LogP contribution in [0.1, 0.15) is 47.2 Å². The van der Waals surface area contributed by atoms with Crippen LogP contribution in [0, 0.1) is 12.3 Å². The Hall–Kier alpha value is -4.63. The fourth-order valence-electron chi connectivity index (χ4n) is 1.93. The van der Waals surface area contributed by atoms with Crippen molar-refractivity contribution in [3.63, 3.8) is 0 Å². The smallest absolute Gasteiger partial charge is 0.328 e. The molecule has 0 spiro atoms. The molecule has 0 atom stereocenters. The van der Waals surface area contributed by atoms with E-state index >= 15 is 0 Å². The second-order valence-corrected chi connectivity index (χ2v) is 9.02. The molecule has 0 aliphatic rings. The third kappa shape index (κ3) is 23.1. The molecule has 14 heteroatoms. The molecular weight excluding hydrogens is 496 g/mol. The van der Waals surface area contributed by atoms with E-state index in [4.69, 9.17) is 21.4 Å². The highest BCUT2D eigenvalue weighted by Crippen LogP contribution is 2.08. The molecule has 0 saturated heterocycles. The van der Waals surface area contributed by atoms with Crippen LogP contribution in [-0.4, -0.2) is 63.0 Å². The fraction of sp³-hybridized carbons (Fsp3) is 0.500. The Bertz CT molecular complexity index is 1040. The average Bonchev–Trinajstić information content (AvgIpc) is 3.25. The summed E-state index contributed by atoms with van der Waals surface area (Å²) in [7, 11) is 0. The van der Waals surface area contributed by atoms with E-state index in [0.29, 0.717) is 5.69 Å². The summed E-state index contributed by atoms with van der Waals surface area (Å²) in [5.74, 6) is 0.836. The van der Waals surface area contributed by atoms with Gasteiger partial charge in [-0.1, -0.05) is 29.4 Å². The zero-order valence-electron chi connectivity index (χ0n) is 22.7. The molecule has 0 aliphatic carbocycles. The predicted molar refractivity (Wildman–Crippen MR) is 140 cm³/mol. The number of hydrogen-bond donors (Lipinski definition) is 2. The Labute approximate surface area is 222 Å². The topological polar surface area (TPSA) is 190 Å². The lowest BCUT2D eigenvalue weighted by atomic mass is 10.2. The van der Waals surface area contributed by atoms with Gasteiger partial charge in [-0.25, -0.2) is 4.68 Å². The van der Waals surface area contributed by atoms with Gasteiger partial charge in [0.25, 0.3) is 0 Å². The Balaban J connectivity index is 0. The van der Waals surface area contributed by atoms with Crippen LogP contribution in [0.25, 0.3) is 10.4 Å². The lowest BCUT2D eigenvalue weighted by Gasteiger charge is -2.19. The van der Waals surface area contributed by atoms with Gasteiger partial charge in [-0.15, -0.1) is 11.5 Å². The summed E-state index contributed by atoms with van der Waals surface area (Å²) < 4.78 is 11.4. The van der Waals surface area contributed by atoms with Crippen LogP contribution >= 0.6 is 0 Å². The number of hydrogen-bond acceptors (Lipinski definition) is 9. The van der Waals surface area contributed by atoms with Crippen molar-refractivity contribution in [2.45, 2.75) is 65.8 Å². The molecule has 1 rings (SSSR count). The van der Waals surface area contributed by atoms with Gasteiger partial charge in [0, 0.05) is 4.91 Å². The second-order valence-electron chi connectivity index (χ2n) is 9.02. The van der Waals surface area contributed by atoms with Crippen LogP contribution in [0.3, 0.4) is 0 Å². The number of aromatic nitrogens is 3. The number of carbonyl (C=O) groups is 4. The average molecular weight is 533 g/mol. The van der Waals surface area contributed by atoms with Crippen molar-refractivity contribution in [1.82, 2.24) is 25.6 Å². The summed E-state index contributed by atoms with van der Waals surface area (Å²) in [6.07, 6.45) is 8.76. The molecule has 2 N–H and O–H groups in total. The van der Waals surface area contributed by atoms with Gasteiger partial charge in [0.05, 0.1) is 19.3 Å². The fourth-order valence-corrected chi connectivity index (χ4v) is 1.93. The maximum absolute atomic E-state index is 11.6. The lowest BCUT2D eigenvalue weighted by molar-refractivity contribution is -0.156. The number of ether oxygens (including phenoxy) is 2. The third-order valence-corrected chi connectivity index (χ3v) is 3.16. The number of nitrogens with one attached hydrogen (secondary N) is 2. The van der Waals surface area contributed by atoms with Crippen molar-refractivity contribution < 1.29 is 28.7 Å².